The van der Waals surface area contributed by atoms with Gasteiger partial charge in [0.05, 0.1) is 0 Å². The van der Waals surface area contributed by atoms with Gasteiger partial charge in [0.2, 0.25) is 0 Å². The van der Waals surface area contributed by atoms with Crippen LogP contribution in [0.1, 0.15) is 54.9 Å². The van der Waals surface area contributed by atoms with E-state index in [0.29, 0.717) is 0 Å². The van der Waals surface area contributed by atoms with E-state index in [1.54, 1.807) is 0 Å². The van der Waals surface area contributed by atoms with Crippen LogP contribution >= 0.6 is 0 Å². The monoisotopic (exact) mass is 318 g/mol. The van der Waals surface area contributed by atoms with Gasteiger partial charge in [0.25, 0.3) is 0 Å². The average Bonchev–Trinajstić information content (AvgIpc) is 2.65. The Bertz CT molecular complexity index is 625. The summed E-state index contributed by atoms with van der Waals surface area (Å²) in [5.74, 6) is 1.64. The van der Waals surface area contributed by atoms with E-state index in [1.165, 1.54) is 54.4 Å². The number of hydrogen-bond donors (Lipinski definition) is 0. The highest BCUT2D eigenvalue weighted by atomic mass is 14.2. The van der Waals surface area contributed by atoms with Crippen LogP contribution in [-0.2, 0) is 19.3 Å². The minimum Gasteiger partial charge on any atom is -0.103 e. The van der Waals surface area contributed by atoms with E-state index in [2.05, 4.69) is 68.1 Å². The summed E-state index contributed by atoms with van der Waals surface area (Å²) in [4.78, 5) is 0. The molecule has 0 heterocycles. The zero-order chi connectivity index (χ0) is 16.8. The molecular weight excluding hydrogens is 288 g/mol. The fraction of sp³-hybridized carbons (Fsp3) is 0.417. The third-order valence-electron chi connectivity index (χ3n) is 5.61. The van der Waals surface area contributed by atoms with Crippen molar-refractivity contribution in [2.75, 3.05) is 0 Å². The molecule has 3 rings (SSSR count). The summed E-state index contributed by atoms with van der Waals surface area (Å²) in [6.07, 6.45) is 10.9. The lowest BCUT2D eigenvalue weighted by Crippen LogP contribution is -2.14. The fourth-order valence-corrected chi connectivity index (χ4v) is 3.88. The standard InChI is InChI=1S/C24H30/c1-3-19-5-9-21(10-6-19)17-23-13-15-24(16-14-23)18-22-11-7-20(4-2)8-12-22/h3,7-8,11-16,19,21H,1,4-6,9-10,17-18H2,2H3. The lowest BCUT2D eigenvalue weighted by Gasteiger charge is -2.26. The van der Waals surface area contributed by atoms with Crippen LogP contribution in [0.3, 0.4) is 0 Å². The van der Waals surface area contributed by atoms with Crippen molar-refractivity contribution in [3.63, 3.8) is 0 Å². The number of allylic oxidation sites excluding steroid dienone is 1. The number of aryl methyl sites for hydroxylation is 1. The highest BCUT2D eigenvalue weighted by Gasteiger charge is 2.19. The Morgan fingerprint density at radius 2 is 1.29 bits per heavy atom. The van der Waals surface area contributed by atoms with E-state index >= 15 is 0 Å². The lowest BCUT2D eigenvalue weighted by atomic mass is 9.79. The van der Waals surface area contributed by atoms with Crippen molar-refractivity contribution in [2.24, 2.45) is 11.8 Å². The molecule has 0 heteroatoms. The second-order valence-electron chi connectivity index (χ2n) is 7.38. The number of hydrogen-bond acceptors (Lipinski definition) is 0. The Hall–Kier alpha value is -1.82. The Morgan fingerprint density at radius 3 is 1.79 bits per heavy atom. The van der Waals surface area contributed by atoms with Crippen LogP contribution < -0.4 is 0 Å². The van der Waals surface area contributed by atoms with Gasteiger partial charge in [-0.3, -0.25) is 0 Å². The molecule has 1 aliphatic rings. The molecule has 0 spiro atoms. The van der Waals surface area contributed by atoms with Gasteiger partial charge < -0.3 is 0 Å². The minimum absolute atomic E-state index is 0.766. The number of rotatable bonds is 6. The second kappa shape index (κ2) is 8.33. The molecule has 2 aromatic carbocycles. The van der Waals surface area contributed by atoms with Gasteiger partial charge in [0, 0.05) is 0 Å². The summed E-state index contributed by atoms with van der Waals surface area (Å²) in [5, 5.41) is 0. The largest absolute Gasteiger partial charge is 0.103 e. The van der Waals surface area contributed by atoms with Gasteiger partial charge in [-0.15, -0.1) is 6.58 Å². The quantitative estimate of drug-likeness (QED) is 0.542. The normalized spacial score (nSPS) is 20.7. The summed E-state index contributed by atoms with van der Waals surface area (Å²) >= 11 is 0. The molecule has 24 heavy (non-hydrogen) atoms. The first kappa shape index (κ1) is 17.0. The zero-order valence-corrected chi connectivity index (χ0v) is 15.0. The van der Waals surface area contributed by atoms with Crippen molar-refractivity contribution >= 4 is 0 Å². The molecule has 1 aliphatic carbocycles. The van der Waals surface area contributed by atoms with E-state index in [-0.39, 0.29) is 0 Å². The van der Waals surface area contributed by atoms with Crippen LogP contribution in [0.5, 0.6) is 0 Å². The Kier molecular flexibility index (Phi) is 5.91. The van der Waals surface area contributed by atoms with Gasteiger partial charge in [-0.2, -0.15) is 0 Å². The van der Waals surface area contributed by atoms with E-state index in [9.17, 15) is 0 Å². The highest BCUT2D eigenvalue weighted by molar-refractivity contribution is 5.30. The fourth-order valence-electron chi connectivity index (χ4n) is 3.88. The third-order valence-corrected chi connectivity index (χ3v) is 5.61. The molecule has 2 aromatic rings. The van der Waals surface area contributed by atoms with E-state index in [1.807, 2.05) is 0 Å². The second-order valence-corrected chi connectivity index (χ2v) is 7.38. The van der Waals surface area contributed by atoms with Gasteiger partial charge in [0.15, 0.2) is 0 Å². The maximum Gasteiger partial charge on any atom is -0.00258 e. The van der Waals surface area contributed by atoms with Crippen molar-refractivity contribution in [1.29, 1.82) is 0 Å². The molecule has 1 saturated carbocycles. The third kappa shape index (κ3) is 4.60. The summed E-state index contributed by atoms with van der Waals surface area (Å²) < 4.78 is 0. The molecule has 0 aliphatic heterocycles. The molecule has 126 valence electrons. The molecule has 0 nitrogen and oxygen atoms in total. The Labute approximate surface area is 147 Å². The molecule has 0 aromatic heterocycles. The molecule has 0 bridgehead atoms. The number of benzene rings is 2. The smallest absolute Gasteiger partial charge is 0.00258 e. The van der Waals surface area contributed by atoms with Crippen LogP contribution in [0.2, 0.25) is 0 Å². The Morgan fingerprint density at radius 1 is 0.792 bits per heavy atom. The molecule has 0 N–H and O–H groups in total. The zero-order valence-electron chi connectivity index (χ0n) is 15.0. The molecular formula is C24H30. The summed E-state index contributed by atoms with van der Waals surface area (Å²) in [6, 6.07) is 18.4. The summed E-state index contributed by atoms with van der Waals surface area (Å²) in [5.41, 5.74) is 5.74. The first-order valence-electron chi connectivity index (χ1n) is 9.55. The summed E-state index contributed by atoms with van der Waals surface area (Å²) in [7, 11) is 0. The van der Waals surface area contributed by atoms with Crippen molar-refractivity contribution in [1.82, 2.24) is 0 Å². The van der Waals surface area contributed by atoms with Gasteiger partial charge in [0.1, 0.15) is 0 Å². The van der Waals surface area contributed by atoms with Crippen molar-refractivity contribution in [3.05, 3.63) is 83.4 Å². The topological polar surface area (TPSA) is 0 Å². The molecule has 1 fully saturated rings. The van der Waals surface area contributed by atoms with Crippen LogP contribution in [0.15, 0.2) is 61.2 Å². The molecule has 0 saturated heterocycles. The average molecular weight is 319 g/mol. The maximum absolute atomic E-state index is 3.95. The first-order chi connectivity index (χ1) is 11.8. The van der Waals surface area contributed by atoms with Crippen molar-refractivity contribution in [3.8, 4) is 0 Å². The first-order valence-corrected chi connectivity index (χ1v) is 9.55. The van der Waals surface area contributed by atoms with Crippen LogP contribution in [0.25, 0.3) is 0 Å². The molecule has 0 unspecified atom stereocenters. The van der Waals surface area contributed by atoms with E-state index in [4.69, 9.17) is 0 Å². The van der Waals surface area contributed by atoms with Gasteiger partial charge in [-0.25, -0.2) is 0 Å². The van der Waals surface area contributed by atoms with Crippen LogP contribution in [0, 0.1) is 11.8 Å². The van der Waals surface area contributed by atoms with Crippen molar-refractivity contribution in [2.45, 2.75) is 51.9 Å². The molecule has 0 radical (unpaired) electrons. The highest BCUT2D eigenvalue weighted by Crippen LogP contribution is 2.31. The predicted molar refractivity (Wildman–Crippen MR) is 104 cm³/mol. The van der Waals surface area contributed by atoms with Crippen molar-refractivity contribution < 1.29 is 0 Å². The van der Waals surface area contributed by atoms with Crippen LogP contribution in [0.4, 0.5) is 0 Å². The Balaban J connectivity index is 1.54. The molecule has 0 atom stereocenters. The van der Waals surface area contributed by atoms with Crippen LogP contribution in [-0.4, -0.2) is 0 Å². The SMILES string of the molecule is C=CC1CCC(Cc2ccc(Cc3ccc(CC)cc3)cc2)CC1. The minimum atomic E-state index is 0.766. The van der Waals surface area contributed by atoms with Gasteiger partial charge in [-0.1, -0.05) is 61.5 Å². The maximum atomic E-state index is 3.95. The summed E-state index contributed by atoms with van der Waals surface area (Å²) in [6.45, 7) is 6.15. The van der Waals surface area contributed by atoms with Gasteiger partial charge >= 0.3 is 0 Å². The predicted octanol–water partition coefficient (Wildman–Crippen LogP) is 6.37. The lowest BCUT2D eigenvalue weighted by molar-refractivity contribution is 0.309. The van der Waals surface area contributed by atoms with E-state index < -0.39 is 0 Å². The van der Waals surface area contributed by atoms with E-state index in [0.717, 1.165) is 24.7 Å². The van der Waals surface area contributed by atoms with Gasteiger partial charge in [-0.05, 0) is 79.0 Å². The molecule has 0 amide bonds.